The zero-order chi connectivity index (χ0) is 20.9. The summed E-state index contributed by atoms with van der Waals surface area (Å²) in [4.78, 5) is 13.4. The zero-order valence-corrected chi connectivity index (χ0v) is 19.8. The molecular weight excluding hydrogens is 362 g/mol. The van der Waals surface area contributed by atoms with Crippen LogP contribution in [0.1, 0.15) is 59.9 Å². The quantitative estimate of drug-likeness (QED) is 0.557. The van der Waals surface area contributed by atoms with E-state index in [0.29, 0.717) is 6.61 Å². The number of hydrogen-bond acceptors (Lipinski definition) is 2. The highest BCUT2D eigenvalue weighted by Crippen LogP contribution is 2.44. The summed E-state index contributed by atoms with van der Waals surface area (Å²) < 4.78 is 8.24. The standard InChI is InChI=1S/C24H35NO2Si/c1-9-27-21-13-15-24(6,22(26)17(21)2)19-11-10-12-20-18(19)14-16-25(20)28(7,8)23(3,4)5/h10-12,14,16H,9,13,15H2,1-8H3. The molecule has 1 aromatic carbocycles. The number of ketones is 1. The van der Waals surface area contributed by atoms with E-state index in [0.717, 1.165) is 29.7 Å². The first-order valence-corrected chi connectivity index (χ1v) is 13.4. The van der Waals surface area contributed by atoms with Gasteiger partial charge in [-0.15, -0.1) is 0 Å². The van der Waals surface area contributed by atoms with Crippen LogP contribution in [0.25, 0.3) is 10.9 Å². The van der Waals surface area contributed by atoms with Crippen LogP contribution in [0.5, 0.6) is 0 Å². The predicted octanol–water partition coefficient (Wildman–Crippen LogP) is 6.43. The number of carbonyl (C=O) groups is 1. The second-order valence-corrected chi connectivity index (χ2v) is 15.0. The van der Waals surface area contributed by atoms with Crippen molar-refractivity contribution in [3.05, 3.63) is 47.4 Å². The van der Waals surface area contributed by atoms with Gasteiger partial charge in [0.05, 0.1) is 12.0 Å². The van der Waals surface area contributed by atoms with E-state index in [1.165, 1.54) is 10.9 Å². The highest BCUT2D eigenvalue weighted by atomic mass is 28.3. The molecule has 0 N–H and O–H groups in total. The summed E-state index contributed by atoms with van der Waals surface area (Å²) in [5, 5.41) is 1.46. The van der Waals surface area contributed by atoms with Crippen LogP contribution in [0.2, 0.25) is 18.1 Å². The van der Waals surface area contributed by atoms with Crippen molar-refractivity contribution in [2.45, 2.75) is 77.9 Å². The van der Waals surface area contributed by atoms with E-state index in [-0.39, 0.29) is 10.8 Å². The summed E-state index contributed by atoms with van der Waals surface area (Å²) in [7, 11) is -1.74. The first-order valence-electron chi connectivity index (χ1n) is 10.4. The van der Waals surface area contributed by atoms with Crippen molar-refractivity contribution >= 4 is 24.9 Å². The smallest absolute Gasteiger partial charge is 0.172 e. The van der Waals surface area contributed by atoms with Crippen molar-refractivity contribution in [1.29, 1.82) is 0 Å². The van der Waals surface area contributed by atoms with Crippen LogP contribution in [-0.4, -0.2) is 24.9 Å². The number of ether oxygens (including phenoxy) is 1. The van der Waals surface area contributed by atoms with Crippen LogP contribution in [0.4, 0.5) is 0 Å². The molecule has 28 heavy (non-hydrogen) atoms. The van der Waals surface area contributed by atoms with Crippen molar-refractivity contribution in [1.82, 2.24) is 4.23 Å². The molecule has 0 spiro atoms. The molecule has 1 unspecified atom stereocenters. The Morgan fingerprint density at radius 2 is 1.89 bits per heavy atom. The fraction of sp³-hybridized carbons (Fsp3) is 0.542. The van der Waals surface area contributed by atoms with Crippen molar-refractivity contribution in [3.63, 3.8) is 0 Å². The van der Waals surface area contributed by atoms with E-state index in [1.54, 1.807) is 0 Å². The Kier molecular flexibility index (Phi) is 5.16. The third-order valence-corrected chi connectivity index (χ3v) is 12.5. The minimum absolute atomic E-state index is 0.203. The molecule has 0 bridgehead atoms. The van der Waals surface area contributed by atoms with E-state index in [1.807, 2.05) is 13.8 Å². The third-order valence-electron chi connectivity index (χ3n) is 7.20. The molecule has 1 aliphatic rings. The summed E-state index contributed by atoms with van der Waals surface area (Å²) in [5.41, 5.74) is 2.71. The van der Waals surface area contributed by atoms with Gasteiger partial charge in [-0.2, -0.15) is 0 Å². The van der Waals surface area contributed by atoms with Gasteiger partial charge < -0.3 is 8.97 Å². The molecule has 0 amide bonds. The first-order chi connectivity index (χ1) is 12.9. The van der Waals surface area contributed by atoms with Crippen LogP contribution in [0.15, 0.2) is 41.8 Å². The Bertz CT molecular complexity index is 945. The number of rotatable bonds is 4. The highest BCUT2D eigenvalue weighted by molar-refractivity contribution is 6.79. The van der Waals surface area contributed by atoms with Crippen molar-refractivity contribution in [2.75, 3.05) is 6.61 Å². The van der Waals surface area contributed by atoms with Crippen LogP contribution in [0.3, 0.4) is 0 Å². The SMILES string of the molecule is CCOC1=C(C)C(=O)C(C)(c2cccc3c2ccn3[Si](C)(C)C(C)(C)C)CC1. The first kappa shape index (κ1) is 20.9. The van der Waals surface area contributed by atoms with Gasteiger partial charge in [-0.1, -0.05) is 46.0 Å². The maximum Gasteiger partial charge on any atom is 0.172 e. The Balaban J connectivity index is 2.15. The number of aromatic nitrogens is 1. The van der Waals surface area contributed by atoms with Gasteiger partial charge in [-0.05, 0) is 56.1 Å². The van der Waals surface area contributed by atoms with Crippen molar-refractivity contribution in [2.24, 2.45) is 0 Å². The molecule has 0 fully saturated rings. The number of fused-ring (bicyclic) bond motifs is 1. The van der Waals surface area contributed by atoms with Gasteiger partial charge in [-0.25, -0.2) is 0 Å². The lowest BCUT2D eigenvalue weighted by atomic mass is 9.69. The Morgan fingerprint density at radius 3 is 2.50 bits per heavy atom. The van der Waals surface area contributed by atoms with E-state index < -0.39 is 13.7 Å². The normalized spacial score (nSPS) is 21.5. The number of benzene rings is 1. The minimum Gasteiger partial charge on any atom is -0.498 e. The fourth-order valence-electron chi connectivity index (χ4n) is 4.31. The second kappa shape index (κ2) is 6.91. The fourth-order valence-corrected chi connectivity index (χ4v) is 6.28. The van der Waals surface area contributed by atoms with Gasteiger partial charge in [-0.3, -0.25) is 4.79 Å². The molecule has 1 aliphatic carbocycles. The molecule has 1 aromatic heterocycles. The van der Waals surface area contributed by atoms with E-state index in [2.05, 4.69) is 75.5 Å². The van der Waals surface area contributed by atoms with Crippen molar-refractivity contribution < 1.29 is 9.53 Å². The van der Waals surface area contributed by atoms with Gasteiger partial charge >= 0.3 is 0 Å². The molecule has 3 nitrogen and oxygen atoms in total. The number of carbonyl (C=O) groups excluding carboxylic acids is 1. The molecule has 3 rings (SSSR count). The summed E-state index contributed by atoms with van der Waals surface area (Å²) in [6.07, 6.45) is 3.86. The molecule has 0 saturated heterocycles. The van der Waals surface area contributed by atoms with Crippen LogP contribution >= 0.6 is 0 Å². The summed E-state index contributed by atoms with van der Waals surface area (Å²) in [6.45, 7) is 18.5. The molecular formula is C24H35NO2Si. The molecule has 1 atom stereocenters. The predicted molar refractivity (Wildman–Crippen MR) is 120 cm³/mol. The maximum atomic E-state index is 13.4. The van der Waals surface area contributed by atoms with Gasteiger partial charge in [0.1, 0.15) is 5.76 Å². The van der Waals surface area contributed by atoms with E-state index in [4.69, 9.17) is 4.74 Å². The molecule has 4 heteroatoms. The van der Waals surface area contributed by atoms with Crippen molar-refractivity contribution in [3.8, 4) is 0 Å². The molecule has 0 saturated carbocycles. The third kappa shape index (κ3) is 3.06. The number of hydrogen-bond donors (Lipinski definition) is 0. The second-order valence-electron chi connectivity index (χ2n) is 9.88. The van der Waals surface area contributed by atoms with Crippen LogP contribution in [0, 0.1) is 0 Å². The summed E-state index contributed by atoms with van der Waals surface area (Å²) >= 11 is 0. The molecule has 2 aromatic rings. The van der Waals surface area contributed by atoms with Gasteiger partial charge in [0.25, 0.3) is 0 Å². The van der Waals surface area contributed by atoms with E-state index in [9.17, 15) is 4.79 Å². The topological polar surface area (TPSA) is 31.2 Å². The van der Waals surface area contributed by atoms with Gasteiger partial charge in [0.15, 0.2) is 14.0 Å². The summed E-state index contributed by atoms with van der Waals surface area (Å²) in [6, 6.07) is 8.71. The number of allylic oxidation sites excluding steroid dienone is 2. The molecule has 0 aliphatic heterocycles. The number of nitrogens with zero attached hydrogens (tertiary/aromatic N) is 1. The maximum absolute atomic E-state index is 13.4. The zero-order valence-electron chi connectivity index (χ0n) is 18.8. The van der Waals surface area contributed by atoms with E-state index >= 15 is 0 Å². The van der Waals surface area contributed by atoms with Crippen LogP contribution in [-0.2, 0) is 14.9 Å². The molecule has 0 radical (unpaired) electrons. The lowest BCUT2D eigenvalue weighted by Crippen LogP contribution is -2.45. The molecule has 152 valence electrons. The number of Topliss-reactive ketones (excluding diaryl/α,β-unsaturated/α-hetero) is 1. The van der Waals surface area contributed by atoms with Gasteiger partial charge in [0, 0.05) is 22.9 Å². The monoisotopic (exact) mass is 397 g/mol. The highest BCUT2D eigenvalue weighted by Gasteiger charge is 2.42. The average molecular weight is 398 g/mol. The Morgan fingerprint density at radius 1 is 1.21 bits per heavy atom. The lowest BCUT2D eigenvalue weighted by Gasteiger charge is -2.39. The van der Waals surface area contributed by atoms with Crippen LogP contribution < -0.4 is 0 Å². The largest absolute Gasteiger partial charge is 0.498 e. The Hall–Kier alpha value is -1.81. The van der Waals surface area contributed by atoms with Gasteiger partial charge in [0.2, 0.25) is 0 Å². The average Bonchev–Trinajstić information content (AvgIpc) is 3.06. The minimum atomic E-state index is -1.74. The summed E-state index contributed by atoms with van der Waals surface area (Å²) in [5.74, 6) is 1.07. The Labute approximate surface area is 170 Å². The lowest BCUT2D eigenvalue weighted by molar-refractivity contribution is -0.121. The molecule has 1 heterocycles.